The maximum absolute atomic E-state index is 9.26. The molecule has 0 saturated heterocycles. The minimum Gasteiger partial charge on any atom is -0.508 e. The summed E-state index contributed by atoms with van der Waals surface area (Å²) < 4.78 is 0. The van der Waals surface area contributed by atoms with Gasteiger partial charge >= 0.3 is 0 Å². The Kier molecular flexibility index (Phi) is 1.59. The first-order chi connectivity index (χ1) is 6.07. The molecule has 0 atom stereocenters. The van der Waals surface area contributed by atoms with Crippen LogP contribution in [-0.2, 0) is 0 Å². The number of phenolic OH excluding ortho intramolecular Hbond substituents is 1. The number of benzene rings is 1. The third-order valence-electron chi connectivity index (χ3n) is 2.17. The molecule has 68 valence electrons. The zero-order chi connectivity index (χ0) is 9.47. The van der Waals surface area contributed by atoms with Crippen LogP contribution in [0.1, 0.15) is 19.4 Å². The molecular formula is C11H13NO. The van der Waals surface area contributed by atoms with Gasteiger partial charge < -0.3 is 10.4 Å². The summed E-state index contributed by atoms with van der Waals surface area (Å²) in [6.45, 7) is 4.22. The largest absolute Gasteiger partial charge is 0.508 e. The molecule has 0 aliphatic carbocycles. The van der Waals surface area contributed by atoms with E-state index in [2.05, 4.69) is 25.2 Å². The average Bonchev–Trinajstić information content (AvgIpc) is 2.05. The van der Waals surface area contributed by atoms with Crippen LogP contribution in [-0.4, -0.2) is 10.6 Å². The summed E-state index contributed by atoms with van der Waals surface area (Å²) >= 11 is 0. The molecule has 2 rings (SSSR count). The maximum atomic E-state index is 9.26. The normalized spacial score (nSPS) is 17.7. The van der Waals surface area contributed by atoms with Crippen molar-refractivity contribution in [3.8, 4) is 5.75 Å². The lowest BCUT2D eigenvalue weighted by Crippen LogP contribution is -2.30. The first-order valence-electron chi connectivity index (χ1n) is 4.37. The number of anilines is 1. The Labute approximate surface area is 77.9 Å². The zero-order valence-corrected chi connectivity index (χ0v) is 7.83. The van der Waals surface area contributed by atoms with Crippen LogP contribution in [0.25, 0.3) is 6.08 Å². The lowest BCUT2D eigenvalue weighted by Gasteiger charge is -2.28. The van der Waals surface area contributed by atoms with Crippen LogP contribution in [0, 0.1) is 0 Å². The lowest BCUT2D eigenvalue weighted by atomic mass is 9.97. The van der Waals surface area contributed by atoms with Gasteiger partial charge in [-0.25, -0.2) is 0 Å². The molecule has 0 amide bonds. The van der Waals surface area contributed by atoms with Crippen molar-refractivity contribution in [1.29, 1.82) is 0 Å². The summed E-state index contributed by atoms with van der Waals surface area (Å²) in [7, 11) is 0. The highest BCUT2D eigenvalue weighted by Crippen LogP contribution is 2.30. The molecule has 0 aromatic heterocycles. The number of phenols is 1. The fourth-order valence-corrected chi connectivity index (χ4v) is 1.49. The van der Waals surface area contributed by atoms with Crippen LogP contribution in [0.3, 0.4) is 0 Å². The third-order valence-corrected chi connectivity index (χ3v) is 2.17. The van der Waals surface area contributed by atoms with Crippen molar-refractivity contribution in [3.63, 3.8) is 0 Å². The summed E-state index contributed by atoms with van der Waals surface area (Å²) in [6, 6.07) is 5.35. The summed E-state index contributed by atoms with van der Waals surface area (Å²) in [4.78, 5) is 0. The summed E-state index contributed by atoms with van der Waals surface area (Å²) in [5.74, 6) is 0.310. The SMILES string of the molecule is CC1(C)C=Cc2cc(O)ccc2N1. The maximum Gasteiger partial charge on any atom is 0.116 e. The molecular weight excluding hydrogens is 162 g/mol. The van der Waals surface area contributed by atoms with Crippen molar-refractivity contribution >= 4 is 11.8 Å². The Morgan fingerprint density at radius 1 is 1.31 bits per heavy atom. The standard InChI is InChI=1S/C11H13NO/c1-11(2)6-5-8-7-9(13)3-4-10(8)12-11/h3-7,12-13H,1-2H3. The topological polar surface area (TPSA) is 32.3 Å². The molecule has 1 heterocycles. The molecule has 13 heavy (non-hydrogen) atoms. The van der Waals surface area contributed by atoms with Gasteiger partial charge in [0.2, 0.25) is 0 Å². The predicted octanol–water partition coefficient (Wildman–Crippen LogP) is 2.61. The van der Waals surface area contributed by atoms with Gasteiger partial charge in [0, 0.05) is 11.3 Å². The monoisotopic (exact) mass is 175 g/mol. The molecule has 1 aliphatic rings. The van der Waals surface area contributed by atoms with Gasteiger partial charge in [0.15, 0.2) is 0 Å². The van der Waals surface area contributed by atoms with Gasteiger partial charge in [0.05, 0.1) is 5.54 Å². The van der Waals surface area contributed by atoms with Crippen molar-refractivity contribution < 1.29 is 5.11 Å². The van der Waals surface area contributed by atoms with Gasteiger partial charge in [-0.15, -0.1) is 0 Å². The van der Waals surface area contributed by atoms with Crippen LogP contribution in [0.5, 0.6) is 5.75 Å². The number of aromatic hydroxyl groups is 1. The number of hydrogen-bond donors (Lipinski definition) is 2. The second-order valence-corrected chi connectivity index (χ2v) is 3.95. The highest BCUT2D eigenvalue weighted by atomic mass is 16.3. The van der Waals surface area contributed by atoms with Gasteiger partial charge in [-0.05, 0) is 32.0 Å². The van der Waals surface area contributed by atoms with Crippen LogP contribution in [0.15, 0.2) is 24.3 Å². The van der Waals surface area contributed by atoms with E-state index in [-0.39, 0.29) is 5.54 Å². The first kappa shape index (κ1) is 8.17. The average molecular weight is 175 g/mol. The van der Waals surface area contributed by atoms with Crippen LogP contribution in [0.2, 0.25) is 0 Å². The van der Waals surface area contributed by atoms with Gasteiger partial charge in [0.25, 0.3) is 0 Å². The van der Waals surface area contributed by atoms with E-state index in [1.165, 1.54) is 0 Å². The quantitative estimate of drug-likeness (QED) is 0.594. The van der Waals surface area contributed by atoms with Crippen LogP contribution < -0.4 is 5.32 Å². The van der Waals surface area contributed by atoms with Gasteiger partial charge in [-0.3, -0.25) is 0 Å². The van der Waals surface area contributed by atoms with Crippen molar-refractivity contribution in [2.45, 2.75) is 19.4 Å². The molecule has 0 bridgehead atoms. The molecule has 0 fully saturated rings. The van der Waals surface area contributed by atoms with E-state index >= 15 is 0 Å². The molecule has 1 aromatic rings. The second-order valence-electron chi connectivity index (χ2n) is 3.95. The van der Waals surface area contributed by atoms with Crippen LogP contribution in [0.4, 0.5) is 5.69 Å². The molecule has 0 unspecified atom stereocenters. The molecule has 1 aromatic carbocycles. The Balaban J connectivity index is 2.47. The van der Waals surface area contributed by atoms with E-state index < -0.39 is 0 Å². The van der Waals surface area contributed by atoms with Gasteiger partial charge in [-0.2, -0.15) is 0 Å². The van der Waals surface area contributed by atoms with Crippen molar-refractivity contribution in [2.75, 3.05) is 5.32 Å². The third kappa shape index (κ3) is 1.52. The Morgan fingerprint density at radius 2 is 2.08 bits per heavy atom. The summed E-state index contributed by atoms with van der Waals surface area (Å²) in [6.07, 6.45) is 4.13. The molecule has 0 saturated carbocycles. The van der Waals surface area contributed by atoms with E-state index in [1.807, 2.05) is 12.1 Å². The number of hydrogen-bond acceptors (Lipinski definition) is 2. The molecule has 2 nitrogen and oxygen atoms in total. The number of rotatable bonds is 0. The number of fused-ring (bicyclic) bond motifs is 1. The summed E-state index contributed by atoms with van der Waals surface area (Å²) in [5, 5.41) is 12.6. The van der Waals surface area contributed by atoms with Crippen molar-refractivity contribution in [3.05, 3.63) is 29.8 Å². The fourth-order valence-electron chi connectivity index (χ4n) is 1.49. The van der Waals surface area contributed by atoms with Gasteiger partial charge in [0.1, 0.15) is 5.75 Å². The molecule has 0 spiro atoms. The van der Waals surface area contributed by atoms with E-state index in [4.69, 9.17) is 0 Å². The molecule has 2 heteroatoms. The molecule has 1 aliphatic heterocycles. The Bertz CT molecular complexity index is 366. The highest BCUT2D eigenvalue weighted by molar-refractivity contribution is 5.73. The predicted molar refractivity (Wildman–Crippen MR) is 54.8 cm³/mol. The smallest absolute Gasteiger partial charge is 0.116 e. The molecule has 0 radical (unpaired) electrons. The highest BCUT2D eigenvalue weighted by Gasteiger charge is 2.18. The fraction of sp³-hybridized carbons (Fsp3) is 0.273. The molecule has 2 N–H and O–H groups in total. The number of nitrogens with one attached hydrogen (secondary N) is 1. The Hall–Kier alpha value is -1.44. The summed E-state index contributed by atoms with van der Waals surface area (Å²) in [5.41, 5.74) is 2.12. The lowest BCUT2D eigenvalue weighted by molar-refractivity contribution is 0.475. The van der Waals surface area contributed by atoms with Crippen molar-refractivity contribution in [1.82, 2.24) is 0 Å². The minimum absolute atomic E-state index is 0.00394. The first-order valence-corrected chi connectivity index (χ1v) is 4.37. The zero-order valence-electron chi connectivity index (χ0n) is 7.83. The minimum atomic E-state index is 0.00394. The van der Waals surface area contributed by atoms with Crippen LogP contribution >= 0.6 is 0 Å². The van der Waals surface area contributed by atoms with Crippen molar-refractivity contribution in [2.24, 2.45) is 0 Å². The van der Waals surface area contributed by atoms with E-state index in [9.17, 15) is 5.11 Å². The Morgan fingerprint density at radius 3 is 2.85 bits per heavy atom. The second kappa shape index (κ2) is 2.52. The van der Waals surface area contributed by atoms with E-state index in [1.54, 1.807) is 12.1 Å². The van der Waals surface area contributed by atoms with Gasteiger partial charge in [-0.1, -0.05) is 12.2 Å². The van der Waals surface area contributed by atoms with E-state index in [0.29, 0.717) is 5.75 Å². The van der Waals surface area contributed by atoms with E-state index in [0.717, 1.165) is 11.3 Å².